The van der Waals surface area contributed by atoms with E-state index in [2.05, 4.69) is 20.3 Å². The van der Waals surface area contributed by atoms with Gasteiger partial charge in [-0.05, 0) is 13.8 Å². The molecule has 0 spiro atoms. The molecule has 0 aliphatic carbocycles. The lowest BCUT2D eigenvalue weighted by molar-refractivity contribution is -0.0950. The van der Waals surface area contributed by atoms with Crippen molar-refractivity contribution in [2.75, 3.05) is 19.0 Å². The molecule has 1 aliphatic heterocycles. The Balaban J connectivity index is 2.13. The van der Waals surface area contributed by atoms with E-state index >= 15 is 0 Å². The summed E-state index contributed by atoms with van der Waals surface area (Å²) in [5.74, 6) is 1.11. The molecule has 0 bridgehead atoms. The Hall–Kier alpha value is -1.81. The number of aromatic nitrogens is 4. The van der Waals surface area contributed by atoms with Crippen molar-refractivity contribution in [2.45, 2.75) is 37.9 Å². The van der Waals surface area contributed by atoms with Crippen LogP contribution in [0.3, 0.4) is 0 Å². The van der Waals surface area contributed by atoms with Gasteiger partial charge in [0.2, 0.25) is 0 Å². The normalized spacial score (nSPS) is 31.8. The Morgan fingerprint density at radius 2 is 2.18 bits per heavy atom. The number of nitrogens with zero attached hydrogens (tertiary/aromatic N) is 4. The second-order valence-corrected chi connectivity index (χ2v) is 5.57. The van der Waals surface area contributed by atoms with Gasteiger partial charge < -0.3 is 25.4 Å². The molecule has 2 aromatic heterocycles. The van der Waals surface area contributed by atoms with Crippen molar-refractivity contribution in [3.05, 3.63) is 12.2 Å². The van der Waals surface area contributed by atoms with Crippen molar-refractivity contribution >= 4 is 17.0 Å². The summed E-state index contributed by atoms with van der Waals surface area (Å²) in [5, 5.41) is 32.9. The lowest BCUT2D eigenvalue weighted by Crippen LogP contribution is -2.44. The molecule has 1 fully saturated rings. The number of aliphatic hydroxyl groups excluding tert-OH is 2. The minimum absolute atomic E-state index is 0.393. The van der Waals surface area contributed by atoms with E-state index in [0.29, 0.717) is 22.8 Å². The first-order chi connectivity index (χ1) is 10.4. The second-order valence-electron chi connectivity index (χ2n) is 5.57. The molecule has 0 unspecified atom stereocenters. The third-order valence-corrected chi connectivity index (χ3v) is 3.96. The Kier molecular flexibility index (Phi) is 3.52. The number of hydrogen-bond acceptors (Lipinski definition) is 8. The van der Waals surface area contributed by atoms with Crippen LogP contribution in [0.25, 0.3) is 11.2 Å². The number of imidazole rings is 1. The summed E-state index contributed by atoms with van der Waals surface area (Å²) < 4.78 is 7.14. The summed E-state index contributed by atoms with van der Waals surface area (Å²) in [6.07, 6.45) is -1.52. The van der Waals surface area contributed by atoms with Crippen LogP contribution in [0.1, 0.15) is 19.0 Å². The standard InChI is InChI=1S/C13H19N5O4/c1-6-16-10(14-3)8-11(17-6)18(5-15-8)12-13(2,21)9(20)7(4-19)22-12/h5,7,9,12,19-21H,4H2,1-3H3,(H,14,16,17)/t7-,9-,12-,13-/m1/s1. The lowest BCUT2D eigenvalue weighted by Gasteiger charge is -2.27. The fourth-order valence-corrected chi connectivity index (χ4v) is 2.76. The monoisotopic (exact) mass is 309 g/mol. The van der Waals surface area contributed by atoms with Crippen LogP contribution in [-0.2, 0) is 4.74 Å². The van der Waals surface area contributed by atoms with Crippen LogP contribution in [0.4, 0.5) is 5.82 Å². The SMILES string of the molecule is CNc1nc(C)nc2c1ncn2[C@@H]1O[C@H](CO)[C@@H](O)[C@@]1(C)O. The topological polar surface area (TPSA) is 126 Å². The summed E-state index contributed by atoms with van der Waals surface area (Å²) >= 11 is 0. The Labute approximate surface area is 126 Å². The molecule has 9 heteroatoms. The summed E-state index contributed by atoms with van der Waals surface area (Å²) in [5.41, 5.74) is -0.568. The van der Waals surface area contributed by atoms with E-state index in [1.54, 1.807) is 18.5 Å². The van der Waals surface area contributed by atoms with Gasteiger partial charge >= 0.3 is 0 Å². The van der Waals surface area contributed by atoms with Crippen molar-refractivity contribution in [2.24, 2.45) is 0 Å². The van der Waals surface area contributed by atoms with Gasteiger partial charge in [0.1, 0.15) is 23.6 Å². The maximum atomic E-state index is 10.6. The van der Waals surface area contributed by atoms with Gasteiger partial charge in [-0.3, -0.25) is 4.57 Å². The smallest absolute Gasteiger partial charge is 0.168 e. The van der Waals surface area contributed by atoms with Crippen LogP contribution < -0.4 is 5.32 Å². The summed E-state index contributed by atoms with van der Waals surface area (Å²) in [6.45, 7) is 2.81. The number of aryl methyl sites for hydroxylation is 1. The van der Waals surface area contributed by atoms with Crippen LogP contribution in [0.5, 0.6) is 0 Å². The van der Waals surface area contributed by atoms with E-state index in [-0.39, 0.29) is 0 Å². The van der Waals surface area contributed by atoms with Crippen molar-refractivity contribution in [3.8, 4) is 0 Å². The molecule has 1 saturated heterocycles. The zero-order valence-electron chi connectivity index (χ0n) is 12.6. The molecule has 0 radical (unpaired) electrons. The van der Waals surface area contributed by atoms with Crippen molar-refractivity contribution in [3.63, 3.8) is 0 Å². The first-order valence-corrected chi connectivity index (χ1v) is 6.95. The quantitative estimate of drug-likeness (QED) is 0.579. The largest absolute Gasteiger partial charge is 0.394 e. The molecule has 0 aromatic carbocycles. The Bertz CT molecular complexity index is 701. The molecule has 3 heterocycles. The molecule has 4 N–H and O–H groups in total. The maximum Gasteiger partial charge on any atom is 0.168 e. The molecular formula is C13H19N5O4. The zero-order valence-corrected chi connectivity index (χ0v) is 12.6. The number of anilines is 1. The van der Waals surface area contributed by atoms with E-state index < -0.39 is 30.6 Å². The van der Waals surface area contributed by atoms with Gasteiger partial charge in [0.25, 0.3) is 0 Å². The van der Waals surface area contributed by atoms with Gasteiger partial charge in [-0.1, -0.05) is 0 Å². The molecule has 22 heavy (non-hydrogen) atoms. The highest BCUT2D eigenvalue weighted by Crippen LogP contribution is 2.39. The number of nitrogens with one attached hydrogen (secondary N) is 1. The molecule has 2 aromatic rings. The van der Waals surface area contributed by atoms with Crippen molar-refractivity contribution in [1.29, 1.82) is 0 Å². The van der Waals surface area contributed by atoms with E-state index in [1.807, 2.05) is 0 Å². The third kappa shape index (κ3) is 2.05. The number of fused-ring (bicyclic) bond motifs is 1. The maximum absolute atomic E-state index is 10.6. The van der Waals surface area contributed by atoms with E-state index in [0.717, 1.165) is 0 Å². The van der Waals surface area contributed by atoms with Crippen molar-refractivity contribution in [1.82, 2.24) is 19.5 Å². The van der Waals surface area contributed by atoms with Gasteiger partial charge in [-0.25, -0.2) is 15.0 Å². The number of rotatable bonds is 3. The molecule has 0 amide bonds. The molecular weight excluding hydrogens is 290 g/mol. The predicted octanol–water partition coefficient (Wildman–Crippen LogP) is -0.822. The fourth-order valence-electron chi connectivity index (χ4n) is 2.76. The zero-order chi connectivity index (χ0) is 16.1. The molecule has 4 atom stereocenters. The van der Waals surface area contributed by atoms with Crippen LogP contribution in [0.2, 0.25) is 0 Å². The Morgan fingerprint density at radius 3 is 2.77 bits per heavy atom. The van der Waals surface area contributed by atoms with E-state index in [1.165, 1.54) is 13.3 Å². The molecule has 9 nitrogen and oxygen atoms in total. The van der Waals surface area contributed by atoms with Gasteiger partial charge in [-0.2, -0.15) is 0 Å². The van der Waals surface area contributed by atoms with Crippen molar-refractivity contribution < 1.29 is 20.1 Å². The average molecular weight is 309 g/mol. The summed E-state index contributed by atoms with van der Waals surface area (Å²) in [7, 11) is 1.73. The van der Waals surface area contributed by atoms with E-state index in [4.69, 9.17) is 4.74 Å². The molecule has 3 rings (SSSR count). The van der Waals surface area contributed by atoms with E-state index in [9.17, 15) is 15.3 Å². The van der Waals surface area contributed by atoms with Crippen LogP contribution in [0.15, 0.2) is 6.33 Å². The van der Waals surface area contributed by atoms with Gasteiger partial charge in [0.15, 0.2) is 23.2 Å². The lowest BCUT2D eigenvalue weighted by atomic mass is 9.96. The van der Waals surface area contributed by atoms with Crippen LogP contribution >= 0.6 is 0 Å². The van der Waals surface area contributed by atoms with Gasteiger partial charge in [0, 0.05) is 7.05 Å². The van der Waals surface area contributed by atoms with Gasteiger partial charge in [0.05, 0.1) is 12.9 Å². The van der Waals surface area contributed by atoms with Crippen LogP contribution in [-0.4, -0.2) is 66.3 Å². The Morgan fingerprint density at radius 1 is 1.45 bits per heavy atom. The minimum atomic E-state index is -1.58. The van der Waals surface area contributed by atoms with Gasteiger partial charge in [-0.15, -0.1) is 0 Å². The number of hydrogen-bond donors (Lipinski definition) is 4. The highest BCUT2D eigenvalue weighted by Gasteiger charge is 2.53. The summed E-state index contributed by atoms with van der Waals surface area (Å²) in [6, 6.07) is 0. The predicted molar refractivity (Wildman–Crippen MR) is 77.2 cm³/mol. The molecule has 120 valence electrons. The summed E-state index contributed by atoms with van der Waals surface area (Å²) in [4.78, 5) is 12.9. The first-order valence-electron chi connectivity index (χ1n) is 6.95. The minimum Gasteiger partial charge on any atom is -0.394 e. The fraction of sp³-hybridized carbons (Fsp3) is 0.615. The molecule has 0 saturated carbocycles. The first kappa shape index (κ1) is 15.1. The van der Waals surface area contributed by atoms with Crippen LogP contribution in [0, 0.1) is 6.92 Å². The third-order valence-electron chi connectivity index (χ3n) is 3.96. The second kappa shape index (κ2) is 5.13. The molecule has 1 aliphatic rings. The average Bonchev–Trinajstić information content (AvgIpc) is 2.98. The number of aliphatic hydroxyl groups is 3. The highest BCUT2D eigenvalue weighted by molar-refractivity contribution is 5.83. The number of ether oxygens (including phenoxy) is 1. The highest BCUT2D eigenvalue weighted by atomic mass is 16.6.